The Morgan fingerprint density at radius 1 is 1.10 bits per heavy atom. The Kier molecular flexibility index (Phi) is 5.44. The van der Waals surface area contributed by atoms with Gasteiger partial charge in [-0.3, -0.25) is 9.78 Å². The van der Waals surface area contributed by atoms with Crippen LogP contribution in [0.2, 0.25) is 5.02 Å². The number of anilines is 1. The van der Waals surface area contributed by atoms with Gasteiger partial charge in [0, 0.05) is 34.7 Å². The minimum atomic E-state index is -0.361. The van der Waals surface area contributed by atoms with E-state index >= 15 is 0 Å². The molecule has 0 radical (unpaired) electrons. The van der Waals surface area contributed by atoms with Gasteiger partial charge in [-0.05, 0) is 36.4 Å². The number of ether oxygens (including phenoxy) is 1. The second kappa shape index (κ2) is 8.49. The zero-order valence-corrected chi connectivity index (χ0v) is 15.7. The van der Waals surface area contributed by atoms with Gasteiger partial charge < -0.3 is 14.5 Å². The van der Waals surface area contributed by atoms with Crippen LogP contribution in [0.15, 0.2) is 71.5 Å². The van der Waals surface area contributed by atoms with Gasteiger partial charge in [0.05, 0.1) is 6.20 Å². The minimum absolute atomic E-state index is 0.0855. The third-order valence-electron chi connectivity index (χ3n) is 3.81. The van der Waals surface area contributed by atoms with Crippen molar-refractivity contribution >= 4 is 23.2 Å². The summed E-state index contributed by atoms with van der Waals surface area (Å²) in [5, 5.41) is 11.4. The lowest BCUT2D eigenvalue weighted by Gasteiger charge is -2.07. The quantitative estimate of drug-likeness (QED) is 0.515. The van der Waals surface area contributed by atoms with Gasteiger partial charge in [-0.2, -0.15) is 0 Å². The van der Waals surface area contributed by atoms with Crippen molar-refractivity contribution in [1.29, 1.82) is 0 Å². The first-order chi connectivity index (χ1) is 14.2. The van der Waals surface area contributed by atoms with Crippen molar-refractivity contribution in [2.45, 2.75) is 6.61 Å². The standard InChI is InChI=1S/C20H14ClN5O3/c21-14-6-4-13(5-7-14)20-26-25-18(29-20)12-28-16-3-1-2-15(10-16)24-19(27)17-11-22-8-9-23-17/h1-11H,12H2,(H,24,27). The fraction of sp³-hybridized carbons (Fsp3) is 0.0500. The molecule has 2 aromatic heterocycles. The molecule has 2 heterocycles. The summed E-state index contributed by atoms with van der Waals surface area (Å²) in [6.07, 6.45) is 4.35. The van der Waals surface area contributed by atoms with Gasteiger partial charge in [0.1, 0.15) is 11.4 Å². The molecule has 0 aliphatic heterocycles. The van der Waals surface area contributed by atoms with Crippen molar-refractivity contribution in [3.05, 3.63) is 83.7 Å². The second-order valence-electron chi connectivity index (χ2n) is 5.87. The van der Waals surface area contributed by atoms with E-state index in [1.54, 1.807) is 48.5 Å². The third-order valence-corrected chi connectivity index (χ3v) is 4.06. The monoisotopic (exact) mass is 407 g/mol. The maximum atomic E-state index is 12.2. The molecule has 4 aromatic rings. The zero-order valence-electron chi connectivity index (χ0n) is 14.9. The maximum Gasteiger partial charge on any atom is 0.275 e. The lowest BCUT2D eigenvalue weighted by Crippen LogP contribution is -2.13. The fourth-order valence-electron chi connectivity index (χ4n) is 2.44. The van der Waals surface area contributed by atoms with Gasteiger partial charge in [0.2, 0.25) is 5.89 Å². The summed E-state index contributed by atoms with van der Waals surface area (Å²) in [6, 6.07) is 14.0. The molecular formula is C20H14ClN5O3. The van der Waals surface area contributed by atoms with Gasteiger partial charge in [0.25, 0.3) is 11.8 Å². The number of amides is 1. The van der Waals surface area contributed by atoms with Crippen LogP contribution in [0.25, 0.3) is 11.5 Å². The highest BCUT2D eigenvalue weighted by Crippen LogP contribution is 2.22. The number of benzene rings is 2. The highest BCUT2D eigenvalue weighted by Gasteiger charge is 2.11. The van der Waals surface area contributed by atoms with Crippen LogP contribution in [0.5, 0.6) is 5.75 Å². The molecule has 0 atom stereocenters. The molecule has 4 rings (SSSR count). The summed E-state index contributed by atoms with van der Waals surface area (Å²) in [7, 11) is 0. The number of hydrogen-bond acceptors (Lipinski definition) is 7. The lowest BCUT2D eigenvalue weighted by atomic mass is 10.2. The van der Waals surface area contributed by atoms with Crippen LogP contribution < -0.4 is 10.1 Å². The molecule has 1 amide bonds. The number of carbonyl (C=O) groups excluding carboxylic acids is 1. The van der Waals surface area contributed by atoms with Crippen LogP contribution in [-0.2, 0) is 6.61 Å². The molecule has 0 aliphatic rings. The summed E-state index contributed by atoms with van der Waals surface area (Å²) in [5.74, 6) is 0.877. The van der Waals surface area contributed by atoms with Crippen LogP contribution in [0.1, 0.15) is 16.4 Å². The molecule has 0 saturated carbocycles. The van der Waals surface area contributed by atoms with Crippen molar-refractivity contribution in [2.75, 3.05) is 5.32 Å². The van der Waals surface area contributed by atoms with Crippen LogP contribution in [0.4, 0.5) is 5.69 Å². The molecule has 0 bridgehead atoms. The van der Waals surface area contributed by atoms with Crippen molar-refractivity contribution in [3.63, 3.8) is 0 Å². The molecule has 0 saturated heterocycles. The minimum Gasteiger partial charge on any atom is -0.484 e. The van der Waals surface area contributed by atoms with Crippen molar-refractivity contribution in [3.8, 4) is 17.2 Å². The van der Waals surface area contributed by atoms with E-state index in [4.69, 9.17) is 20.8 Å². The number of halogens is 1. The predicted molar refractivity (Wildman–Crippen MR) is 106 cm³/mol. The number of aromatic nitrogens is 4. The van der Waals surface area contributed by atoms with Gasteiger partial charge in [0.15, 0.2) is 6.61 Å². The number of hydrogen-bond donors (Lipinski definition) is 1. The summed E-state index contributed by atoms with van der Waals surface area (Å²) >= 11 is 5.88. The van der Waals surface area contributed by atoms with E-state index in [9.17, 15) is 4.79 Å². The number of carbonyl (C=O) groups is 1. The summed E-state index contributed by atoms with van der Waals surface area (Å²) in [4.78, 5) is 20.0. The molecule has 0 fully saturated rings. The van der Waals surface area contributed by atoms with E-state index in [0.717, 1.165) is 5.56 Å². The molecule has 0 aliphatic carbocycles. The first-order valence-corrected chi connectivity index (χ1v) is 8.94. The van der Waals surface area contributed by atoms with E-state index in [1.165, 1.54) is 18.6 Å². The molecule has 0 spiro atoms. The first kappa shape index (κ1) is 18.6. The maximum absolute atomic E-state index is 12.2. The largest absolute Gasteiger partial charge is 0.484 e. The van der Waals surface area contributed by atoms with Crippen LogP contribution in [0, 0.1) is 0 Å². The van der Waals surface area contributed by atoms with E-state index in [1.807, 2.05) is 0 Å². The number of nitrogens with zero attached hydrogens (tertiary/aromatic N) is 4. The van der Waals surface area contributed by atoms with Gasteiger partial charge in [-0.15, -0.1) is 10.2 Å². The first-order valence-electron chi connectivity index (χ1n) is 8.56. The summed E-state index contributed by atoms with van der Waals surface area (Å²) < 4.78 is 11.3. The Balaban J connectivity index is 1.39. The summed E-state index contributed by atoms with van der Waals surface area (Å²) in [6.45, 7) is 0.0855. The third kappa shape index (κ3) is 4.74. The van der Waals surface area contributed by atoms with Gasteiger partial charge in [-0.1, -0.05) is 17.7 Å². The Morgan fingerprint density at radius 2 is 1.97 bits per heavy atom. The van der Waals surface area contributed by atoms with Crippen LogP contribution >= 0.6 is 11.6 Å². The molecule has 144 valence electrons. The molecule has 2 aromatic carbocycles. The topological polar surface area (TPSA) is 103 Å². The number of rotatable bonds is 6. The SMILES string of the molecule is O=C(Nc1cccc(OCc2nnc(-c3ccc(Cl)cc3)o2)c1)c1cnccn1. The normalized spacial score (nSPS) is 10.5. The molecule has 29 heavy (non-hydrogen) atoms. The highest BCUT2D eigenvalue weighted by atomic mass is 35.5. The van der Waals surface area contributed by atoms with E-state index < -0.39 is 0 Å². The van der Waals surface area contributed by atoms with Gasteiger partial charge in [-0.25, -0.2) is 4.98 Å². The Hall–Kier alpha value is -3.78. The number of nitrogens with one attached hydrogen (secondary N) is 1. The smallest absolute Gasteiger partial charge is 0.275 e. The highest BCUT2D eigenvalue weighted by molar-refractivity contribution is 6.30. The van der Waals surface area contributed by atoms with Crippen LogP contribution in [-0.4, -0.2) is 26.1 Å². The molecule has 0 unspecified atom stereocenters. The fourth-order valence-corrected chi connectivity index (χ4v) is 2.57. The summed E-state index contributed by atoms with van der Waals surface area (Å²) in [5.41, 5.74) is 1.55. The molecule has 8 nitrogen and oxygen atoms in total. The molecule has 1 N–H and O–H groups in total. The Bertz CT molecular complexity index is 1120. The lowest BCUT2D eigenvalue weighted by molar-refractivity contribution is 0.102. The second-order valence-corrected chi connectivity index (χ2v) is 6.31. The Labute approximate surface area is 170 Å². The van der Waals surface area contributed by atoms with E-state index in [2.05, 4.69) is 25.5 Å². The molecule has 9 heteroatoms. The van der Waals surface area contributed by atoms with Crippen LogP contribution in [0.3, 0.4) is 0 Å². The average molecular weight is 408 g/mol. The molecular weight excluding hydrogens is 394 g/mol. The Morgan fingerprint density at radius 3 is 2.76 bits per heavy atom. The van der Waals surface area contributed by atoms with E-state index in [0.29, 0.717) is 28.2 Å². The van der Waals surface area contributed by atoms with E-state index in [-0.39, 0.29) is 18.2 Å². The van der Waals surface area contributed by atoms with Gasteiger partial charge >= 0.3 is 0 Å². The van der Waals surface area contributed by atoms with Crippen molar-refractivity contribution in [2.24, 2.45) is 0 Å². The van der Waals surface area contributed by atoms with Crippen molar-refractivity contribution < 1.29 is 13.9 Å². The average Bonchev–Trinajstić information content (AvgIpc) is 3.23. The zero-order chi connectivity index (χ0) is 20.1. The predicted octanol–water partition coefficient (Wildman–Crippen LogP) is 4.01. The van der Waals surface area contributed by atoms with Crippen molar-refractivity contribution in [1.82, 2.24) is 20.2 Å².